The summed E-state index contributed by atoms with van der Waals surface area (Å²) in [5.41, 5.74) is 2.97. The highest BCUT2D eigenvalue weighted by Crippen LogP contribution is 2.17. The molecule has 1 N–H and O–H groups in total. The van der Waals surface area contributed by atoms with Crippen LogP contribution < -0.4 is 5.32 Å². The minimum Gasteiger partial charge on any atom is -0.459 e. The standard InChI is InChI=1S/C13H13NO2/c1-9-5-6-10(2)11(8-9)14-13(15)12-4-3-7-16-12/h3-8H,1-2H3,(H,14,15). The summed E-state index contributed by atoms with van der Waals surface area (Å²) < 4.78 is 5.03. The molecular weight excluding hydrogens is 202 g/mol. The lowest BCUT2D eigenvalue weighted by atomic mass is 10.1. The van der Waals surface area contributed by atoms with Crippen LogP contribution in [-0.4, -0.2) is 5.91 Å². The van der Waals surface area contributed by atoms with E-state index in [-0.39, 0.29) is 5.91 Å². The quantitative estimate of drug-likeness (QED) is 0.836. The fraction of sp³-hybridized carbons (Fsp3) is 0.154. The number of furan rings is 1. The molecule has 3 nitrogen and oxygen atoms in total. The Hall–Kier alpha value is -2.03. The fourth-order valence-corrected chi connectivity index (χ4v) is 1.46. The highest BCUT2D eigenvalue weighted by molar-refractivity contribution is 6.02. The molecule has 0 saturated heterocycles. The average molecular weight is 215 g/mol. The highest BCUT2D eigenvalue weighted by atomic mass is 16.3. The van der Waals surface area contributed by atoms with Crippen molar-refractivity contribution in [2.75, 3.05) is 5.32 Å². The Kier molecular flexibility index (Phi) is 2.77. The van der Waals surface area contributed by atoms with E-state index in [1.165, 1.54) is 6.26 Å². The topological polar surface area (TPSA) is 42.2 Å². The van der Waals surface area contributed by atoms with Gasteiger partial charge < -0.3 is 9.73 Å². The summed E-state index contributed by atoms with van der Waals surface area (Å²) in [4.78, 5) is 11.7. The van der Waals surface area contributed by atoms with Gasteiger partial charge in [0, 0.05) is 5.69 Å². The number of hydrogen-bond donors (Lipinski definition) is 1. The lowest BCUT2D eigenvalue weighted by Gasteiger charge is -2.07. The van der Waals surface area contributed by atoms with Gasteiger partial charge in [-0.05, 0) is 43.2 Å². The van der Waals surface area contributed by atoms with Crippen LogP contribution in [-0.2, 0) is 0 Å². The molecule has 0 bridgehead atoms. The Labute approximate surface area is 94.1 Å². The zero-order valence-electron chi connectivity index (χ0n) is 9.28. The van der Waals surface area contributed by atoms with Gasteiger partial charge in [-0.1, -0.05) is 12.1 Å². The summed E-state index contributed by atoms with van der Waals surface area (Å²) >= 11 is 0. The second-order valence-electron chi connectivity index (χ2n) is 3.75. The summed E-state index contributed by atoms with van der Waals surface area (Å²) in [6.07, 6.45) is 1.48. The monoisotopic (exact) mass is 215 g/mol. The first-order valence-electron chi connectivity index (χ1n) is 5.09. The van der Waals surface area contributed by atoms with E-state index in [9.17, 15) is 4.79 Å². The molecule has 2 rings (SSSR count). The maximum absolute atomic E-state index is 11.7. The van der Waals surface area contributed by atoms with Gasteiger partial charge in [-0.2, -0.15) is 0 Å². The third-order valence-corrected chi connectivity index (χ3v) is 2.39. The molecule has 0 aliphatic rings. The molecule has 0 aliphatic heterocycles. The molecule has 0 atom stereocenters. The number of carbonyl (C=O) groups is 1. The Morgan fingerprint density at radius 3 is 2.75 bits per heavy atom. The van der Waals surface area contributed by atoms with E-state index >= 15 is 0 Å². The number of anilines is 1. The van der Waals surface area contributed by atoms with Gasteiger partial charge in [-0.3, -0.25) is 4.79 Å². The molecule has 2 aromatic rings. The highest BCUT2D eigenvalue weighted by Gasteiger charge is 2.09. The Bertz CT molecular complexity index is 501. The van der Waals surface area contributed by atoms with E-state index in [4.69, 9.17) is 4.42 Å². The number of aryl methyl sites for hydroxylation is 2. The summed E-state index contributed by atoms with van der Waals surface area (Å²) in [7, 11) is 0. The Balaban J connectivity index is 2.21. The maximum atomic E-state index is 11.7. The van der Waals surface area contributed by atoms with Crippen molar-refractivity contribution >= 4 is 11.6 Å². The molecule has 16 heavy (non-hydrogen) atoms. The summed E-state index contributed by atoms with van der Waals surface area (Å²) in [6.45, 7) is 3.94. The molecule has 0 aliphatic carbocycles. The summed E-state index contributed by atoms with van der Waals surface area (Å²) in [6, 6.07) is 9.26. The minimum atomic E-state index is -0.223. The molecule has 3 heteroatoms. The molecule has 0 saturated carbocycles. The molecule has 0 unspecified atom stereocenters. The van der Waals surface area contributed by atoms with E-state index in [1.54, 1.807) is 12.1 Å². The smallest absolute Gasteiger partial charge is 0.291 e. The average Bonchev–Trinajstić information content (AvgIpc) is 2.76. The van der Waals surface area contributed by atoms with Crippen LogP contribution in [0.3, 0.4) is 0 Å². The van der Waals surface area contributed by atoms with Crippen LogP contribution in [0.15, 0.2) is 41.0 Å². The number of nitrogens with one attached hydrogen (secondary N) is 1. The number of benzene rings is 1. The molecule has 0 spiro atoms. The first kappa shape index (κ1) is 10.5. The van der Waals surface area contributed by atoms with Gasteiger partial charge in [0.25, 0.3) is 5.91 Å². The fourth-order valence-electron chi connectivity index (χ4n) is 1.46. The SMILES string of the molecule is Cc1ccc(C)c(NC(=O)c2ccco2)c1. The van der Waals surface area contributed by atoms with Crippen LogP contribution in [0.4, 0.5) is 5.69 Å². The Morgan fingerprint density at radius 2 is 2.06 bits per heavy atom. The van der Waals surface area contributed by atoms with Gasteiger partial charge in [-0.15, -0.1) is 0 Å². The predicted octanol–water partition coefficient (Wildman–Crippen LogP) is 3.15. The maximum Gasteiger partial charge on any atom is 0.291 e. The van der Waals surface area contributed by atoms with E-state index < -0.39 is 0 Å². The van der Waals surface area contributed by atoms with Gasteiger partial charge in [0.15, 0.2) is 5.76 Å². The van der Waals surface area contributed by atoms with Crippen LogP contribution in [0, 0.1) is 13.8 Å². The number of hydrogen-bond acceptors (Lipinski definition) is 2. The number of rotatable bonds is 2. The van der Waals surface area contributed by atoms with E-state index in [0.29, 0.717) is 5.76 Å². The van der Waals surface area contributed by atoms with E-state index in [2.05, 4.69) is 5.32 Å². The molecule has 0 fully saturated rings. The van der Waals surface area contributed by atoms with Crippen molar-refractivity contribution in [1.29, 1.82) is 0 Å². The second-order valence-corrected chi connectivity index (χ2v) is 3.75. The van der Waals surface area contributed by atoms with Crippen molar-refractivity contribution in [3.8, 4) is 0 Å². The van der Waals surface area contributed by atoms with Crippen LogP contribution in [0.2, 0.25) is 0 Å². The van der Waals surface area contributed by atoms with Crippen molar-refractivity contribution in [1.82, 2.24) is 0 Å². The second kappa shape index (κ2) is 4.23. The summed E-state index contributed by atoms with van der Waals surface area (Å²) in [5, 5.41) is 2.82. The largest absolute Gasteiger partial charge is 0.459 e. The van der Waals surface area contributed by atoms with Gasteiger partial charge in [0.2, 0.25) is 0 Å². The van der Waals surface area contributed by atoms with Crippen molar-refractivity contribution in [3.63, 3.8) is 0 Å². The first-order valence-corrected chi connectivity index (χ1v) is 5.09. The molecule has 1 amide bonds. The van der Waals surface area contributed by atoms with Crippen molar-refractivity contribution in [2.24, 2.45) is 0 Å². The molecule has 1 heterocycles. The third kappa shape index (κ3) is 2.14. The van der Waals surface area contributed by atoms with E-state index in [1.807, 2.05) is 32.0 Å². The van der Waals surface area contributed by atoms with Gasteiger partial charge in [0.1, 0.15) is 0 Å². The zero-order chi connectivity index (χ0) is 11.5. The van der Waals surface area contributed by atoms with Crippen LogP contribution >= 0.6 is 0 Å². The minimum absolute atomic E-state index is 0.223. The van der Waals surface area contributed by atoms with Crippen LogP contribution in [0.1, 0.15) is 21.7 Å². The van der Waals surface area contributed by atoms with Crippen molar-refractivity contribution in [2.45, 2.75) is 13.8 Å². The van der Waals surface area contributed by atoms with Gasteiger partial charge in [-0.25, -0.2) is 0 Å². The molecule has 0 radical (unpaired) electrons. The lowest BCUT2D eigenvalue weighted by Crippen LogP contribution is -2.11. The van der Waals surface area contributed by atoms with Crippen LogP contribution in [0.5, 0.6) is 0 Å². The molecular formula is C13H13NO2. The third-order valence-electron chi connectivity index (χ3n) is 2.39. The van der Waals surface area contributed by atoms with E-state index in [0.717, 1.165) is 16.8 Å². The molecule has 1 aromatic carbocycles. The molecule has 82 valence electrons. The number of carbonyl (C=O) groups excluding carboxylic acids is 1. The van der Waals surface area contributed by atoms with Crippen LogP contribution in [0.25, 0.3) is 0 Å². The number of amides is 1. The predicted molar refractivity (Wildman–Crippen MR) is 62.6 cm³/mol. The van der Waals surface area contributed by atoms with Crippen molar-refractivity contribution < 1.29 is 9.21 Å². The first-order chi connectivity index (χ1) is 7.66. The Morgan fingerprint density at radius 1 is 1.25 bits per heavy atom. The lowest BCUT2D eigenvalue weighted by molar-refractivity contribution is 0.0996. The van der Waals surface area contributed by atoms with Gasteiger partial charge in [0.05, 0.1) is 6.26 Å². The van der Waals surface area contributed by atoms with Crippen molar-refractivity contribution in [3.05, 3.63) is 53.5 Å². The zero-order valence-corrected chi connectivity index (χ0v) is 9.28. The normalized spacial score (nSPS) is 10.1. The van der Waals surface area contributed by atoms with Gasteiger partial charge >= 0.3 is 0 Å². The molecule has 1 aromatic heterocycles. The summed E-state index contributed by atoms with van der Waals surface area (Å²) in [5.74, 6) is 0.0969.